The van der Waals surface area contributed by atoms with Crippen molar-refractivity contribution < 1.29 is 18.3 Å². The first-order valence-corrected chi connectivity index (χ1v) is 15.7. The fraction of sp³-hybridized carbons (Fsp3) is 0.400. The van der Waals surface area contributed by atoms with E-state index in [4.69, 9.17) is 39.5 Å². The summed E-state index contributed by atoms with van der Waals surface area (Å²) in [4.78, 5) is 21.8. The standard InChI is InChI=1S/C30H28Cl3F2N3O2S/c31-20-4-1-3-16(27(20)32)15-38(18-7-8-18)30(39)26-19(13-17-6-11-23(26)37-17)24-14-36-25(41-24)5-2-12-40-29-22(35)10-9-21(34)28(29)33/h1,3-4,9-10,14,17-18,23,37H,2,5-8,11-13,15H2. The minimum atomic E-state index is -0.724. The van der Waals surface area contributed by atoms with Gasteiger partial charge in [-0.05, 0) is 67.9 Å². The lowest BCUT2D eigenvalue weighted by molar-refractivity contribution is -0.128. The number of aryl methyl sites for hydroxylation is 1. The van der Waals surface area contributed by atoms with Gasteiger partial charge in [0.25, 0.3) is 5.91 Å². The molecular weight excluding hydrogens is 611 g/mol. The number of rotatable bonds is 10. The van der Waals surface area contributed by atoms with E-state index in [1.165, 1.54) is 0 Å². The highest BCUT2D eigenvalue weighted by Crippen LogP contribution is 2.42. The summed E-state index contributed by atoms with van der Waals surface area (Å²) in [5.74, 6) is -1.65. The number of benzene rings is 2. The first kappa shape index (κ1) is 28.9. The van der Waals surface area contributed by atoms with Gasteiger partial charge in [-0.2, -0.15) is 0 Å². The van der Waals surface area contributed by atoms with Crippen LogP contribution in [-0.4, -0.2) is 40.5 Å². The van der Waals surface area contributed by atoms with E-state index < -0.39 is 11.6 Å². The first-order chi connectivity index (χ1) is 19.8. The van der Waals surface area contributed by atoms with E-state index in [2.05, 4.69) is 10.3 Å². The molecule has 1 aliphatic carbocycles. The van der Waals surface area contributed by atoms with Crippen LogP contribution in [0.1, 0.15) is 54.0 Å². The topological polar surface area (TPSA) is 54.5 Å². The predicted octanol–water partition coefficient (Wildman–Crippen LogP) is 7.86. The van der Waals surface area contributed by atoms with Gasteiger partial charge >= 0.3 is 0 Å². The molecule has 5 nitrogen and oxygen atoms in total. The molecule has 2 unspecified atom stereocenters. The van der Waals surface area contributed by atoms with Crippen LogP contribution in [-0.2, 0) is 17.8 Å². The molecule has 1 saturated carbocycles. The zero-order valence-electron chi connectivity index (χ0n) is 22.1. The second-order valence-corrected chi connectivity index (χ2v) is 13.0. The number of carbonyl (C=O) groups is 1. The molecule has 2 atom stereocenters. The molecule has 0 radical (unpaired) electrons. The minimum Gasteiger partial charge on any atom is -0.489 e. The monoisotopic (exact) mass is 637 g/mol. The Bertz CT molecular complexity index is 1510. The van der Waals surface area contributed by atoms with E-state index in [0.29, 0.717) is 35.5 Å². The normalized spacial score (nSPS) is 20.0. The average molecular weight is 639 g/mol. The van der Waals surface area contributed by atoms with Gasteiger partial charge < -0.3 is 15.0 Å². The second-order valence-electron chi connectivity index (χ2n) is 10.7. The molecule has 1 amide bonds. The van der Waals surface area contributed by atoms with Crippen LogP contribution in [0.15, 0.2) is 42.1 Å². The molecule has 2 fully saturated rings. The van der Waals surface area contributed by atoms with Gasteiger partial charge in [-0.1, -0.05) is 46.9 Å². The minimum absolute atomic E-state index is 0.0113. The lowest BCUT2D eigenvalue weighted by Gasteiger charge is -2.31. The Labute approximate surface area is 256 Å². The van der Waals surface area contributed by atoms with E-state index in [1.807, 2.05) is 23.2 Å². The Hall–Kier alpha value is -2.23. The van der Waals surface area contributed by atoms with Crippen molar-refractivity contribution in [3.05, 3.63) is 84.3 Å². The van der Waals surface area contributed by atoms with Gasteiger partial charge in [-0.25, -0.2) is 13.8 Å². The van der Waals surface area contributed by atoms with Gasteiger partial charge in [0.2, 0.25) is 0 Å². The van der Waals surface area contributed by atoms with Gasteiger partial charge in [-0.3, -0.25) is 4.79 Å². The molecule has 41 heavy (non-hydrogen) atoms. The number of nitrogens with one attached hydrogen (secondary N) is 1. The summed E-state index contributed by atoms with van der Waals surface area (Å²) < 4.78 is 33.1. The quantitative estimate of drug-likeness (QED) is 0.181. The molecule has 216 valence electrons. The van der Waals surface area contributed by atoms with Crippen molar-refractivity contribution in [2.75, 3.05) is 6.61 Å². The number of nitrogens with zero attached hydrogens (tertiary/aromatic N) is 2. The molecule has 3 aromatic rings. The fourth-order valence-electron chi connectivity index (χ4n) is 5.65. The van der Waals surface area contributed by atoms with Gasteiger partial charge in [0, 0.05) is 42.9 Å². The Morgan fingerprint density at radius 1 is 1.07 bits per heavy atom. The van der Waals surface area contributed by atoms with Gasteiger partial charge in [0.15, 0.2) is 11.6 Å². The van der Waals surface area contributed by atoms with Gasteiger partial charge in [-0.15, -0.1) is 11.3 Å². The van der Waals surface area contributed by atoms with Crippen molar-refractivity contribution in [3.8, 4) is 5.75 Å². The zero-order valence-corrected chi connectivity index (χ0v) is 25.2. The van der Waals surface area contributed by atoms with E-state index in [9.17, 15) is 13.6 Å². The summed E-state index contributed by atoms with van der Waals surface area (Å²) in [6.07, 6.45) is 7.68. The molecule has 6 rings (SSSR count). The smallest absolute Gasteiger partial charge is 0.252 e. The van der Waals surface area contributed by atoms with E-state index >= 15 is 0 Å². The molecule has 0 spiro atoms. The number of amides is 1. The van der Waals surface area contributed by atoms with Crippen molar-refractivity contribution in [1.82, 2.24) is 15.2 Å². The summed E-state index contributed by atoms with van der Waals surface area (Å²) in [6, 6.07) is 8.05. The van der Waals surface area contributed by atoms with E-state index in [-0.39, 0.29) is 35.4 Å². The third-order valence-corrected chi connectivity index (χ3v) is 10.2. The fourth-order valence-corrected chi connectivity index (χ4v) is 7.27. The molecule has 3 heterocycles. The van der Waals surface area contributed by atoms with Crippen LogP contribution in [0.25, 0.3) is 5.57 Å². The third-order valence-electron chi connectivity index (χ3n) is 7.85. The number of hydrogen-bond donors (Lipinski definition) is 1. The van der Waals surface area contributed by atoms with Crippen molar-refractivity contribution in [3.63, 3.8) is 0 Å². The second kappa shape index (κ2) is 12.2. The largest absolute Gasteiger partial charge is 0.489 e. The van der Waals surface area contributed by atoms with Crippen LogP contribution in [0.4, 0.5) is 8.78 Å². The summed E-state index contributed by atoms with van der Waals surface area (Å²) in [7, 11) is 0. The van der Waals surface area contributed by atoms with Crippen molar-refractivity contribution in [1.29, 1.82) is 0 Å². The van der Waals surface area contributed by atoms with Crippen LogP contribution in [0.3, 0.4) is 0 Å². The van der Waals surface area contributed by atoms with Crippen LogP contribution in [0.5, 0.6) is 5.75 Å². The Morgan fingerprint density at radius 3 is 2.68 bits per heavy atom. The van der Waals surface area contributed by atoms with Crippen LogP contribution in [0.2, 0.25) is 15.1 Å². The number of ether oxygens (including phenoxy) is 1. The number of carbonyl (C=O) groups excluding carboxylic acids is 1. The third kappa shape index (κ3) is 6.13. The summed E-state index contributed by atoms with van der Waals surface area (Å²) >= 11 is 20.2. The van der Waals surface area contributed by atoms with E-state index in [1.54, 1.807) is 17.4 Å². The SMILES string of the molecule is O=C(C1=C(c2cnc(CCCOc3c(F)ccc(F)c3Cl)s2)CC2CCC1N2)N(Cc1cccc(Cl)c1Cl)C1CC1. The van der Waals surface area contributed by atoms with Crippen molar-refractivity contribution in [2.24, 2.45) is 0 Å². The predicted molar refractivity (Wildman–Crippen MR) is 159 cm³/mol. The van der Waals surface area contributed by atoms with Crippen LogP contribution < -0.4 is 10.1 Å². The molecule has 1 N–H and O–H groups in total. The van der Waals surface area contributed by atoms with Crippen molar-refractivity contribution in [2.45, 2.75) is 69.6 Å². The van der Waals surface area contributed by atoms with Crippen LogP contribution in [0, 0.1) is 11.6 Å². The molecule has 2 bridgehead atoms. The Morgan fingerprint density at radius 2 is 1.88 bits per heavy atom. The molecule has 3 aliphatic rings. The molecule has 1 saturated heterocycles. The van der Waals surface area contributed by atoms with Crippen molar-refractivity contribution >= 4 is 57.6 Å². The first-order valence-electron chi connectivity index (χ1n) is 13.7. The summed E-state index contributed by atoms with van der Waals surface area (Å²) in [6.45, 7) is 0.581. The molecule has 2 aromatic carbocycles. The highest BCUT2D eigenvalue weighted by molar-refractivity contribution is 7.12. The number of aromatic nitrogens is 1. The summed E-state index contributed by atoms with van der Waals surface area (Å²) in [5, 5.41) is 5.15. The number of halogens is 5. The lowest BCUT2D eigenvalue weighted by atomic mass is 9.93. The maximum atomic E-state index is 14.2. The average Bonchev–Trinajstić information content (AvgIpc) is 3.58. The molecule has 1 aromatic heterocycles. The van der Waals surface area contributed by atoms with Gasteiger partial charge in [0.05, 0.1) is 26.5 Å². The Kier molecular flexibility index (Phi) is 8.57. The van der Waals surface area contributed by atoms with E-state index in [0.717, 1.165) is 70.8 Å². The number of thiazole rings is 1. The zero-order chi connectivity index (χ0) is 28.7. The number of fused-ring (bicyclic) bond motifs is 2. The Balaban J connectivity index is 1.19. The highest BCUT2D eigenvalue weighted by atomic mass is 35.5. The lowest BCUT2D eigenvalue weighted by Crippen LogP contribution is -2.44. The molecular formula is C30H28Cl3F2N3O2S. The van der Waals surface area contributed by atoms with Crippen LogP contribution >= 0.6 is 46.1 Å². The number of hydrogen-bond acceptors (Lipinski definition) is 5. The van der Waals surface area contributed by atoms with Gasteiger partial charge in [0.1, 0.15) is 10.8 Å². The highest BCUT2D eigenvalue weighted by Gasteiger charge is 2.42. The molecule has 2 aliphatic heterocycles. The summed E-state index contributed by atoms with van der Waals surface area (Å²) in [5.41, 5.74) is 2.74. The maximum absolute atomic E-state index is 14.2. The molecule has 11 heteroatoms. The maximum Gasteiger partial charge on any atom is 0.252 e.